The summed E-state index contributed by atoms with van der Waals surface area (Å²) >= 11 is 0. The molecule has 2 spiro atoms. The first kappa shape index (κ1) is 15.5. The fourth-order valence-corrected chi connectivity index (χ4v) is 4.35. The van der Waals surface area contributed by atoms with E-state index in [4.69, 9.17) is 14.2 Å². The molecule has 2 aromatic carbocycles. The molecule has 3 aliphatic rings. The number of ether oxygens (including phenoxy) is 3. The van der Waals surface area contributed by atoms with Crippen molar-refractivity contribution >= 4 is 16.7 Å². The number of hydrogen-bond acceptors (Lipinski definition) is 5. The van der Waals surface area contributed by atoms with Crippen molar-refractivity contribution in [2.45, 2.75) is 31.3 Å². The molecule has 3 atom stereocenters. The van der Waals surface area contributed by atoms with Crippen LogP contribution in [0.3, 0.4) is 0 Å². The normalized spacial score (nSPS) is 29.9. The van der Waals surface area contributed by atoms with Crippen LogP contribution in [0, 0.1) is 5.41 Å². The monoisotopic (exact) mass is 350 g/mol. The van der Waals surface area contributed by atoms with Crippen molar-refractivity contribution in [3.63, 3.8) is 0 Å². The van der Waals surface area contributed by atoms with Crippen LogP contribution < -0.4 is 9.47 Å². The zero-order chi connectivity index (χ0) is 17.9. The Morgan fingerprint density at radius 1 is 1.12 bits per heavy atom. The summed E-state index contributed by atoms with van der Waals surface area (Å²) in [6.45, 7) is 1.38. The van der Waals surface area contributed by atoms with Gasteiger partial charge >= 0.3 is 5.97 Å². The predicted octanol–water partition coefficient (Wildman–Crippen LogP) is 3.12. The maximum Gasteiger partial charge on any atom is 0.303 e. The van der Waals surface area contributed by atoms with Gasteiger partial charge < -0.3 is 19.3 Å². The molecule has 1 aliphatic heterocycles. The highest BCUT2D eigenvalue weighted by Crippen LogP contribution is 2.57. The molecule has 0 saturated heterocycles. The number of carbonyl (C=O) groups excluding carboxylic acids is 1. The summed E-state index contributed by atoms with van der Waals surface area (Å²) in [5.74, 6) is -0.133. The molecule has 3 unspecified atom stereocenters. The average molecular weight is 350 g/mol. The summed E-state index contributed by atoms with van der Waals surface area (Å²) in [4.78, 5) is 11.6. The van der Waals surface area contributed by atoms with E-state index in [1.165, 1.54) is 6.92 Å². The van der Waals surface area contributed by atoms with E-state index >= 15 is 0 Å². The quantitative estimate of drug-likeness (QED) is 0.632. The predicted molar refractivity (Wildman–Crippen MR) is 94.8 cm³/mol. The highest BCUT2D eigenvalue weighted by Gasteiger charge is 2.65. The molecular weight excluding hydrogens is 332 g/mol. The Balaban J connectivity index is 1.66. The van der Waals surface area contributed by atoms with Crippen LogP contribution in [-0.4, -0.2) is 29.1 Å². The molecule has 132 valence electrons. The standard InChI is InChI=1S/C21H18O5/c1-13(22)24-18-9-11-21(20(18)10-8-15(23)12-20)25-16-6-2-4-14-5-3-7-17(26-21)19(14)16/h2-11,15,18,23H,12H2,1H3. The SMILES string of the molecule is CC(=O)OC1C=CC2(Oc3cccc4cccc(c34)O2)C12C=CC(O)C2. The second-order valence-electron chi connectivity index (χ2n) is 7.04. The van der Waals surface area contributed by atoms with E-state index < -0.39 is 23.4 Å². The third kappa shape index (κ3) is 1.92. The molecule has 0 aromatic heterocycles. The second kappa shape index (κ2) is 5.11. The van der Waals surface area contributed by atoms with Crippen molar-refractivity contribution in [2.75, 3.05) is 0 Å². The van der Waals surface area contributed by atoms with E-state index in [0.29, 0.717) is 17.9 Å². The van der Waals surface area contributed by atoms with Crippen LogP contribution in [-0.2, 0) is 9.53 Å². The van der Waals surface area contributed by atoms with E-state index in [1.54, 1.807) is 18.2 Å². The van der Waals surface area contributed by atoms with Gasteiger partial charge in [0.1, 0.15) is 23.0 Å². The number of benzene rings is 2. The summed E-state index contributed by atoms with van der Waals surface area (Å²) in [6.07, 6.45) is 6.28. The number of aliphatic hydroxyl groups is 1. The van der Waals surface area contributed by atoms with Crippen LogP contribution in [0.2, 0.25) is 0 Å². The molecule has 0 radical (unpaired) electrons. The lowest BCUT2D eigenvalue weighted by molar-refractivity contribution is -0.185. The summed E-state index contributed by atoms with van der Waals surface area (Å²) in [5.41, 5.74) is -0.826. The lowest BCUT2D eigenvalue weighted by Crippen LogP contribution is -2.57. The van der Waals surface area contributed by atoms with Crippen molar-refractivity contribution in [3.05, 3.63) is 60.7 Å². The minimum Gasteiger partial charge on any atom is -0.457 e. The number of aliphatic hydroxyl groups excluding tert-OH is 1. The maximum absolute atomic E-state index is 11.6. The van der Waals surface area contributed by atoms with E-state index in [9.17, 15) is 9.90 Å². The minimum absolute atomic E-state index is 0.343. The van der Waals surface area contributed by atoms with E-state index in [-0.39, 0.29) is 5.97 Å². The minimum atomic E-state index is -1.18. The van der Waals surface area contributed by atoms with Gasteiger partial charge in [0.05, 0.1) is 11.5 Å². The largest absolute Gasteiger partial charge is 0.457 e. The van der Waals surface area contributed by atoms with Gasteiger partial charge in [0.2, 0.25) is 0 Å². The van der Waals surface area contributed by atoms with Gasteiger partial charge in [0.15, 0.2) is 0 Å². The van der Waals surface area contributed by atoms with Gasteiger partial charge in [-0.25, -0.2) is 0 Å². The van der Waals surface area contributed by atoms with E-state index in [2.05, 4.69) is 0 Å². The smallest absolute Gasteiger partial charge is 0.303 e. The molecule has 5 nitrogen and oxygen atoms in total. The summed E-state index contributed by atoms with van der Waals surface area (Å²) in [6, 6.07) is 11.7. The molecular formula is C21H18O5. The van der Waals surface area contributed by atoms with Crippen molar-refractivity contribution in [3.8, 4) is 11.5 Å². The van der Waals surface area contributed by atoms with Crippen LogP contribution in [0.15, 0.2) is 60.7 Å². The molecule has 1 N–H and O–H groups in total. The van der Waals surface area contributed by atoms with E-state index in [0.717, 1.165) is 10.8 Å². The zero-order valence-corrected chi connectivity index (χ0v) is 14.2. The zero-order valence-electron chi connectivity index (χ0n) is 14.2. The van der Waals surface area contributed by atoms with Gasteiger partial charge in [-0.2, -0.15) is 0 Å². The topological polar surface area (TPSA) is 65.0 Å². The number of carbonyl (C=O) groups is 1. The molecule has 0 saturated carbocycles. The number of hydrogen-bond donors (Lipinski definition) is 1. The highest BCUT2D eigenvalue weighted by molar-refractivity contribution is 5.94. The molecule has 0 amide bonds. The molecule has 2 aliphatic carbocycles. The summed E-state index contributed by atoms with van der Waals surface area (Å²) < 4.78 is 18.3. The van der Waals surface area contributed by atoms with Crippen molar-refractivity contribution in [1.82, 2.24) is 0 Å². The molecule has 5 heteroatoms. The molecule has 1 heterocycles. The summed E-state index contributed by atoms with van der Waals surface area (Å²) in [5, 5.41) is 12.2. The Kier molecular flexibility index (Phi) is 3.04. The van der Waals surface area contributed by atoms with Gasteiger partial charge in [-0.3, -0.25) is 4.79 Å². The molecule has 5 rings (SSSR count). The fourth-order valence-electron chi connectivity index (χ4n) is 4.35. The summed E-state index contributed by atoms with van der Waals surface area (Å²) in [7, 11) is 0. The van der Waals surface area contributed by atoms with Crippen LogP contribution in [0.1, 0.15) is 13.3 Å². The van der Waals surface area contributed by atoms with Gasteiger partial charge in [-0.15, -0.1) is 0 Å². The average Bonchev–Trinajstić information content (AvgIpc) is 3.12. The first-order valence-electron chi connectivity index (χ1n) is 8.67. The van der Waals surface area contributed by atoms with Crippen molar-refractivity contribution in [1.29, 1.82) is 0 Å². The van der Waals surface area contributed by atoms with Crippen LogP contribution in [0.5, 0.6) is 11.5 Å². The van der Waals surface area contributed by atoms with Crippen molar-refractivity contribution in [2.24, 2.45) is 5.41 Å². The number of fused-ring (bicyclic) bond motifs is 1. The molecule has 26 heavy (non-hydrogen) atoms. The van der Waals surface area contributed by atoms with Gasteiger partial charge in [0, 0.05) is 13.0 Å². The first-order valence-corrected chi connectivity index (χ1v) is 8.67. The van der Waals surface area contributed by atoms with Crippen LogP contribution >= 0.6 is 0 Å². The van der Waals surface area contributed by atoms with Gasteiger partial charge in [0.25, 0.3) is 5.79 Å². The van der Waals surface area contributed by atoms with Crippen LogP contribution in [0.4, 0.5) is 0 Å². The Labute approximate surface area is 150 Å². The Morgan fingerprint density at radius 2 is 1.81 bits per heavy atom. The molecule has 0 fully saturated rings. The Morgan fingerprint density at radius 3 is 2.38 bits per heavy atom. The Bertz CT molecular complexity index is 935. The van der Waals surface area contributed by atoms with Crippen LogP contribution in [0.25, 0.3) is 10.8 Å². The molecule has 0 bridgehead atoms. The third-order valence-electron chi connectivity index (χ3n) is 5.45. The van der Waals surface area contributed by atoms with Gasteiger partial charge in [-0.05, 0) is 30.0 Å². The number of esters is 1. The third-order valence-corrected chi connectivity index (χ3v) is 5.45. The maximum atomic E-state index is 11.6. The Hall–Kier alpha value is -2.79. The molecule has 2 aromatic rings. The van der Waals surface area contributed by atoms with E-state index in [1.807, 2.05) is 42.5 Å². The highest BCUT2D eigenvalue weighted by atomic mass is 16.7. The number of rotatable bonds is 1. The second-order valence-corrected chi connectivity index (χ2v) is 7.04. The first-order chi connectivity index (χ1) is 12.5. The van der Waals surface area contributed by atoms with Crippen molar-refractivity contribution < 1.29 is 24.1 Å². The van der Waals surface area contributed by atoms with Gasteiger partial charge in [-0.1, -0.05) is 36.4 Å². The lowest BCUT2D eigenvalue weighted by Gasteiger charge is -2.46. The lowest BCUT2D eigenvalue weighted by atomic mass is 9.77. The fraction of sp³-hybridized carbons (Fsp3) is 0.286.